The van der Waals surface area contributed by atoms with Gasteiger partial charge in [0, 0.05) is 28.2 Å². The molecule has 0 aliphatic heterocycles. The van der Waals surface area contributed by atoms with E-state index in [1.54, 1.807) is 0 Å². The highest BCUT2D eigenvalue weighted by Crippen LogP contribution is 2.40. The second-order valence-electron chi connectivity index (χ2n) is 5.42. The van der Waals surface area contributed by atoms with Crippen molar-refractivity contribution in [1.82, 2.24) is 0 Å². The molecule has 0 atom stereocenters. The summed E-state index contributed by atoms with van der Waals surface area (Å²) in [4.78, 5) is 2.31. The Hall–Kier alpha value is -2.06. The molecule has 1 aliphatic carbocycles. The van der Waals surface area contributed by atoms with Crippen molar-refractivity contribution < 1.29 is 0 Å². The molecule has 4 rings (SSSR count). The molecule has 1 aliphatic rings. The Morgan fingerprint density at radius 3 is 2.67 bits per heavy atom. The highest BCUT2D eigenvalue weighted by atomic mass is 32.1. The average Bonchev–Trinajstić information content (AvgIpc) is 2.94. The van der Waals surface area contributed by atoms with E-state index in [2.05, 4.69) is 72.6 Å². The van der Waals surface area contributed by atoms with Gasteiger partial charge in [0.1, 0.15) is 0 Å². The molecule has 0 amide bonds. The molecule has 2 heteroatoms. The molecule has 0 bridgehead atoms. The van der Waals surface area contributed by atoms with Gasteiger partial charge in [0.05, 0.1) is 10.4 Å². The molecule has 1 heterocycles. The third-order valence-corrected chi connectivity index (χ3v) is 5.32. The molecule has 0 saturated carbocycles. The number of likely N-dealkylation sites (N-methyl/N-ethyl adjacent to an activating group) is 1. The van der Waals surface area contributed by atoms with E-state index in [4.69, 9.17) is 0 Å². The van der Waals surface area contributed by atoms with Crippen LogP contribution in [0.5, 0.6) is 0 Å². The first kappa shape index (κ1) is 12.7. The maximum atomic E-state index is 2.33. The summed E-state index contributed by atoms with van der Waals surface area (Å²) in [5.74, 6) is 0. The van der Waals surface area contributed by atoms with Gasteiger partial charge in [-0.05, 0) is 31.1 Å². The molecule has 3 aromatic rings. The van der Waals surface area contributed by atoms with E-state index < -0.39 is 0 Å². The minimum absolute atomic E-state index is 1.14. The van der Waals surface area contributed by atoms with Crippen molar-refractivity contribution >= 4 is 37.2 Å². The maximum absolute atomic E-state index is 2.33. The SMILES string of the molecule is CN(C1=CCCC=C1)c1cccc2c1sc1ccccc12. The van der Waals surface area contributed by atoms with Crippen LogP contribution in [-0.2, 0) is 0 Å². The fourth-order valence-corrected chi connectivity index (χ4v) is 4.24. The molecule has 0 unspecified atom stereocenters. The molecule has 1 aromatic heterocycles. The average molecular weight is 291 g/mol. The third kappa shape index (κ3) is 2.07. The molecule has 0 spiro atoms. The summed E-state index contributed by atoms with van der Waals surface area (Å²) in [6.07, 6.45) is 9.11. The van der Waals surface area contributed by atoms with Gasteiger partial charge in [-0.1, -0.05) is 42.5 Å². The van der Waals surface area contributed by atoms with E-state index in [-0.39, 0.29) is 0 Å². The second-order valence-corrected chi connectivity index (χ2v) is 6.47. The van der Waals surface area contributed by atoms with Gasteiger partial charge in [-0.15, -0.1) is 11.3 Å². The lowest BCUT2D eigenvalue weighted by molar-refractivity contribution is 0.986. The monoisotopic (exact) mass is 291 g/mol. The van der Waals surface area contributed by atoms with Crippen LogP contribution in [0.2, 0.25) is 0 Å². The lowest BCUT2D eigenvalue weighted by atomic mass is 10.1. The normalized spacial score (nSPS) is 14.6. The molecule has 2 aromatic carbocycles. The number of hydrogen-bond donors (Lipinski definition) is 0. The Morgan fingerprint density at radius 1 is 0.952 bits per heavy atom. The Balaban J connectivity index is 1.92. The van der Waals surface area contributed by atoms with E-state index in [1.807, 2.05) is 11.3 Å². The number of hydrogen-bond acceptors (Lipinski definition) is 2. The van der Waals surface area contributed by atoms with Crippen LogP contribution in [0.3, 0.4) is 0 Å². The smallest absolute Gasteiger partial charge is 0.0592 e. The number of thiophene rings is 1. The van der Waals surface area contributed by atoms with Crippen molar-refractivity contribution in [2.24, 2.45) is 0 Å². The van der Waals surface area contributed by atoms with E-state index in [1.165, 1.54) is 31.6 Å². The van der Waals surface area contributed by atoms with E-state index in [0.717, 1.165) is 12.8 Å². The topological polar surface area (TPSA) is 3.24 Å². The van der Waals surface area contributed by atoms with Crippen LogP contribution in [0, 0.1) is 0 Å². The van der Waals surface area contributed by atoms with Crippen LogP contribution in [-0.4, -0.2) is 7.05 Å². The highest BCUT2D eigenvalue weighted by molar-refractivity contribution is 7.26. The fourth-order valence-electron chi connectivity index (χ4n) is 2.98. The zero-order chi connectivity index (χ0) is 14.2. The molecule has 21 heavy (non-hydrogen) atoms. The van der Waals surface area contributed by atoms with Crippen molar-refractivity contribution in [3.05, 3.63) is 66.4 Å². The molecular weight excluding hydrogens is 274 g/mol. The number of benzene rings is 2. The quantitative estimate of drug-likeness (QED) is 0.583. The Bertz CT molecular complexity index is 870. The number of anilines is 1. The minimum atomic E-state index is 1.14. The molecule has 0 saturated heterocycles. The van der Waals surface area contributed by atoms with Crippen molar-refractivity contribution in [2.75, 3.05) is 11.9 Å². The van der Waals surface area contributed by atoms with Gasteiger partial charge >= 0.3 is 0 Å². The summed E-state index contributed by atoms with van der Waals surface area (Å²) < 4.78 is 2.74. The van der Waals surface area contributed by atoms with Gasteiger partial charge in [0.2, 0.25) is 0 Å². The number of allylic oxidation sites excluding steroid dienone is 3. The number of fused-ring (bicyclic) bond motifs is 3. The lowest BCUT2D eigenvalue weighted by Gasteiger charge is -2.23. The van der Waals surface area contributed by atoms with E-state index >= 15 is 0 Å². The zero-order valence-corrected chi connectivity index (χ0v) is 12.9. The van der Waals surface area contributed by atoms with Crippen LogP contribution < -0.4 is 4.90 Å². The first-order valence-electron chi connectivity index (χ1n) is 7.35. The first-order chi connectivity index (χ1) is 10.3. The van der Waals surface area contributed by atoms with Crippen molar-refractivity contribution in [3.63, 3.8) is 0 Å². The molecule has 0 N–H and O–H groups in total. The largest absolute Gasteiger partial charge is 0.344 e. The maximum Gasteiger partial charge on any atom is 0.0592 e. The molecule has 104 valence electrons. The summed E-state index contributed by atoms with van der Waals surface area (Å²) in [5, 5.41) is 2.72. The summed E-state index contributed by atoms with van der Waals surface area (Å²) >= 11 is 1.89. The van der Waals surface area contributed by atoms with E-state index in [0.29, 0.717) is 0 Å². The molecule has 0 radical (unpaired) electrons. The molecular formula is C19H17NS. The predicted molar refractivity (Wildman–Crippen MR) is 94.2 cm³/mol. The third-order valence-electron chi connectivity index (χ3n) is 4.11. The Kier molecular flexibility index (Phi) is 3.04. The zero-order valence-electron chi connectivity index (χ0n) is 12.0. The highest BCUT2D eigenvalue weighted by Gasteiger charge is 2.13. The summed E-state index contributed by atoms with van der Waals surface area (Å²) in [6.45, 7) is 0. The van der Waals surface area contributed by atoms with Crippen molar-refractivity contribution in [2.45, 2.75) is 12.8 Å². The minimum Gasteiger partial charge on any atom is -0.344 e. The van der Waals surface area contributed by atoms with Crippen molar-refractivity contribution in [3.8, 4) is 0 Å². The first-order valence-corrected chi connectivity index (χ1v) is 8.17. The fraction of sp³-hybridized carbons (Fsp3) is 0.158. The lowest BCUT2D eigenvalue weighted by Crippen LogP contribution is -2.15. The predicted octanol–water partition coefficient (Wildman–Crippen LogP) is 5.72. The van der Waals surface area contributed by atoms with Gasteiger partial charge in [-0.2, -0.15) is 0 Å². The van der Waals surface area contributed by atoms with Crippen molar-refractivity contribution in [1.29, 1.82) is 0 Å². The van der Waals surface area contributed by atoms with Gasteiger partial charge in [-0.3, -0.25) is 0 Å². The van der Waals surface area contributed by atoms with Crippen LogP contribution in [0.1, 0.15) is 12.8 Å². The van der Waals surface area contributed by atoms with Gasteiger partial charge in [-0.25, -0.2) is 0 Å². The number of nitrogens with zero attached hydrogens (tertiary/aromatic N) is 1. The Labute approximate surface area is 128 Å². The summed E-state index contributed by atoms with van der Waals surface area (Å²) in [7, 11) is 2.17. The standard InChI is InChI=1S/C19H17NS/c1-20(14-8-3-2-4-9-14)17-12-7-11-16-15-10-5-6-13-18(15)21-19(16)17/h3,5-13H,2,4H2,1H3. The molecule has 1 nitrogen and oxygen atoms in total. The van der Waals surface area contributed by atoms with E-state index in [9.17, 15) is 0 Å². The van der Waals surface area contributed by atoms with Gasteiger partial charge < -0.3 is 4.90 Å². The summed E-state index contributed by atoms with van der Waals surface area (Å²) in [5.41, 5.74) is 2.60. The van der Waals surface area contributed by atoms with Gasteiger partial charge in [0.25, 0.3) is 0 Å². The van der Waals surface area contributed by atoms with Crippen LogP contribution >= 0.6 is 11.3 Å². The summed E-state index contributed by atoms with van der Waals surface area (Å²) in [6, 6.07) is 15.3. The molecule has 0 fully saturated rings. The van der Waals surface area contributed by atoms with Crippen LogP contribution in [0.15, 0.2) is 66.4 Å². The van der Waals surface area contributed by atoms with Crippen LogP contribution in [0.25, 0.3) is 20.2 Å². The Morgan fingerprint density at radius 2 is 1.81 bits per heavy atom. The van der Waals surface area contributed by atoms with Crippen LogP contribution in [0.4, 0.5) is 5.69 Å². The second kappa shape index (κ2) is 5.05. The number of rotatable bonds is 2. The van der Waals surface area contributed by atoms with Gasteiger partial charge in [0.15, 0.2) is 0 Å².